The van der Waals surface area contributed by atoms with E-state index in [1.54, 1.807) is 6.08 Å². The maximum Gasteiger partial charge on any atom is 0.294 e. The highest BCUT2D eigenvalue weighted by atomic mass is 35.5. The highest BCUT2D eigenvalue weighted by Gasteiger charge is 2.20. The zero-order chi connectivity index (χ0) is 15.6. The number of benzene rings is 2. The second kappa shape index (κ2) is 6.02. The molecule has 2 aromatic carbocycles. The second-order valence-corrected chi connectivity index (χ2v) is 6.35. The van der Waals surface area contributed by atoms with Crippen molar-refractivity contribution in [2.24, 2.45) is 0 Å². The molecule has 0 saturated carbocycles. The molecule has 0 bridgehead atoms. The first kappa shape index (κ1) is 15.8. The van der Waals surface area contributed by atoms with Crippen molar-refractivity contribution < 1.29 is 13.0 Å². The number of hydrogen-bond donors (Lipinski definition) is 1. The van der Waals surface area contributed by atoms with Gasteiger partial charge in [0.15, 0.2) is 0 Å². The van der Waals surface area contributed by atoms with Gasteiger partial charge in [0.1, 0.15) is 0 Å². The van der Waals surface area contributed by atoms with Gasteiger partial charge in [-0.15, -0.1) is 0 Å². The van der Waals surface area contributed by atoms with Gasteiger partial charge in [-0.1, -0.05) is 49.4 Å². The van der Waals surface area contributed by atoms with Crippen LogP contribution in [0.2, 0.25) is 5.02 Å². The predicted molar refractivity (Wildman–Crippen MR) is 86.2 cm³/mol. The molecule has 0 aliphatic heterocycles. The molecule has 0 radical (unpaired) electrons. The van der Waals surface area contributed by atoms with Crippen molar-refractivity contribution in [1.29, 1.82) is 0 Å². The van der Waals surface area contributed by atoms with E-state index in [0.717, 1.165) is 11.1 Å². The summed E-state index contributed by atoms with van der Waals surface area (Å²) in [5.41, 5.74) is 2.83. The predicted octanol–water partition coefficient (Wildman–Crippen LogP) is 4.46. The Balaban J connectivity index is 2.81. The summed E-state index contributed by atoms with van der Waals surface area (Å²) >= 11 is 6.26. The van der Waals surface area contributed by atoms with Crippen molar-refractivity contribution in [2.75, 3.05) is 0 Å². The molecule has 0 aromatic heterocycles. The average Bonchev–Trinajstić information content (AvgIpc) is 2.45. The first-order chi connectivity index (χ1) is 9.88. The zero-order valence-corrected chi connectivity index (χ0v) is 13.1. The van der Waals surface area contributed by atoms with Gasteiger partial charge < -0.3 is 0 Å². The molecule has 5 heteroatoms. The highest BCUT2D eigenvalue weighted by molar-refractivity contribution is 7.85. The van der Waals surface area contributed by atoms with E-state index in [1.165, 1.54) is 12.1 Å². The van der Waals surface area contributed by atoms with Crippen LogP contribution in [-0.2, 0) is 16.5 Å². The van der Waals surface area contributed by atoms with Gasteiger partial charge in [0.2, 0.25) is 0 Å². The first-order valence-corrected chi connectivity index (χ1v) is 8.22. The third-order valence-electron chi connectivity index (χ3n) is 3.26. The molecule has 0 spiro atoms. The third-order valence-corrected chi connectivity index (χ3v) is 4.51. The maximum atomic E-state index is 11.5. The first-order valence-electron chi connectivity index (χ1n) is 6.40. The van der Waals surface area contributed by atoms with E-state index in [-0.39, 0.29) is 4.90 Å². The minimum Gasteiger partial charge on any atom is -0.282 e. The minimum absolute atomic E-state index is 0.103. The van der Waals surface area contributed by atoms with Crippen LogP contribution in [0.4, 0.5) is 0 Å². The molecule has 3 nitrogen and oxygen atoms in total. The van der Waals surface area contributed by atoms with Crippen molar-refractivity contribution in [3.8, 4) is 11.1 Å². The van der Waals surface area contributed by atoms with E-state index >= 15 is 0 Å². The SMILES string of the molecule is C=Cc1cccc(-c2c(Cl)ccc(S(=O)(=O)O)c2CC)c1. The van der Waals surface area contributed by atoms with Crippen LogP contribution < -0.4 is 0 Å². The Labute approximate surface area is 129 Å². The fourth-order valence-electron chi connectivity index (χ4n) is 2.33. The lowest BCUT2D eigenvalue weighted by Gasteiger charge is -2.14. The number of rotatable bonds is 4. The van der Waals surface area contributed by atoms with E-state index < -0.39 is 10.1 Å². The second-order valence-electron chi connectivity index (χ2n) is 4.56. The molecule has 0 amide bonds. The summed E-state index contributed by atoms with van der Waals surface area (Å²) < 4.78 is 32.4. The summed E-state index contributed by atoms with van der Waals surface area (Å²) in [6.45, 7) is 5.54. The molecule has 0 heterocycles. The zero-order valence-electron chi connectivity index (χ0n) is 11.5. The summed E-state index contributed by atoms with van der Waals surface area (Å²) in [6, 6.07) is 10.3. The number of halogens is 1. The summed E-state index contributed by atoms with van der Waals surface area (Å²) in [5, 5.41) is 0.445. The monoisotopic (exact) mass is 322 g/mol. The lowest BCUT2D eigenvalue weighted by atomic mass is 9.96. The van der Waals surface area contributed by atoms with Gasteiger partial charge in [0.25, 0.3) is 10.1 Å². The van der Waals surface area contributed by atoms with E-state index in [9.17, 15) is 13.0 Å². The summed E-state index contributed by atoms with van der Waals surface area (Å²) in [4.78, 5) is -0.103. The van der Waals surface area contributed by atoms with Crippen LogP contribution in [0.25, 0.3) is 17.2 Å². The van der Waals surface area contributed by atoms with Gasteiger partial charge in [-0.2, -0.15) is 8.42 Å². The van der Waals surface area contributed by atoms with Gasteiger partial charge in [0, 0.05) is 10.6 Å². The molecular formula is C16H15ClO3S. The molecule has 110 valence electrons. The standard InChI is InChI=1S/C16H15ClO3S/c1-3-11-6-5-7-12(10-11)16-13(4-2)15(21(18,19)20)9-8-14(16)17/h3,5-10H,1,4H2,2H3,(H,18,19,20). The fraction of sp³-hybridized carbons (Fsp3) is 0.125. The summed E-state index contributed by atoms with van der Waals surface area (Å²) in [5.74, 6) is 0. The van der Waals surface area contributed by atoms with Crippen LogP contribution >= 0.6 is 11.6 Å². The molecule has 0 atom stereocenters. The Morgan fingerprint density at radius 2 is 2.00 bits per heavy atom. The molecule has 21 heavy (non-hydrogen) atoms. The quantitative estimate of drug-likeness (QED) is 0.845. The van der Waals surface area contributed by atoms with Gasteiger partial charge in [-0.05, 0) is 41.3 Å². The van der Waals surface area contributed by atoms with E-state index in [0.29, 0.717) is 22.6 Å². The smallest absolute Gasteiger partial charge is 0.282 e. The van der Waals surface area contributed by atoms with Crippen molar-refractivity contribution in [3.63, 3.8) is 0 Å². The number of hydrogen-bond acceptors (Lipinski definition) is 2. The third kappa shape index (κ3) is 3.18. The molecule has 0 unspecified atom stereocenters. The summed E-state index contributed by atoms with van der Waals surface area (Å²) in [6.07, 6.45) is 2.14. The minimum atomic E-state index is -4.29. The van der Waals surface area contributed by atoms with Gasteiger partial charge in [0.05, 0.1) is 4.90 Å². The molecule has 2 aromatic rings. The Hall–Kier alpha value is -1.62. The van der Waals surface area contributed by atoms with Crippen LogP contribution in [0.5, 0.6) is 0 Å². The van der Waals surface area contributed by atoms with Crippen LogP contribution in [0.1, 0.15) is 18.1 Å². The van der Waals surface area contributed by atoms with Crippen LogP contribution in [0, 0.1) is 0 Å². The molecular weight excluding hydrogens is 308 g/mol. The summed E-state index contributed by atoms with van der Waals surface area (Å²) in [7, 11) is -4.29. The molecule has 1 N–H and O–H groups in total. The fourth-order valence-corrected chi connectivity index (χ4v) is 3.41. The van der Waals surface area contributed by atoms with Crippen LogP contribution in [-0.4, -0.2) is 13.0 Å². The van der Waals surface area contributed by atoms with Crippen LogP contribution in [0.15, 0.2) is 47.9 Å². The molecule has 0 fully saturated rings. The van der Waals surface area contributed by atoms with Crippen molar-refractivity contribution in [1.82, 2.24) is 0 Å². The van der Waals surface area contributed by atoms with Crippen molar-refractivity contribution in [3.05, 3.63) is 59.1 Å². The van der Waals surface area contributed by atoms with E-state index in [4.69, 9.17) is 11.6 Å². The maximum absolute atomic E-state index is 11.5. The molecule has 0 saturated heterocycles. The average molecular weight is 323 g/mol. The molecule has 0 aliphatic carbocycles. The topological polar surface area (TPSA) is 54.4 Å². The molecule has 2 rings (SSSR count). The Morgan fingerprint density at radius 1 is 1.29 bits per heavy atom. The van der Waals surface area contributed by atoms with E-state index in [2.05, 4.69) is 6.58 Å². The Bertz CT molecular complexity index is 795. The normalized spacial score (nSPS) is 11.4. The Kier molecular flexibility index (Phi) is 4.52. The van der Waals surface area contributed by atoms with Crippen molar-refractivity contribution >= 4 is 27.8 Å². The molecule has 0 aliphatic rings. The largest absolute Gasteiger partial charge is 0.294 e. The highest BCUT2D eigenvalue weighted by Crippen LogP contribution is 2.36. The lowest BCUT2D eigenvalue weighted by molar-refractivity contribution is 0.482. The van der Waals surface area contributed by atoms with Gasteiger partial charge >= 0.3 is 0 Å². The van der Waals surface area contributed by atoms with Gasteiger partial charge in [-0.3, -0.25) is 4.55 Å². The van der Waals surface area contributed by atoms with Crippen LogP contribution in [0.3, 0.4) is 0 Å². The van der Waals surface area contributed by atoms with Crippen molar-refractivity contribution in [2.45, 2.75) is 18.2 Å². The van der Waals surface area contributed by atoms with Gasteiger partial charge in [-0.25, -0.2) is 0 Å². The lowest BCUT2D eigenvalue weighted by Crippen LogP contribution is -2.04. The Morgan fingerprint density at radius 3 is 2.57 bits per heavy atom. The van der Waals surface area contributed by atoms with E-state index in [1.807, 2.05) is 31.2 Å².